The predicted molar refractivity (Wildman–Crippen MR) is 132 cm³/mol. The first-order valence-electron chi connectivity index (χ1n) is 10.4. The molecule has 0 unspecified atom stereocenters. The fourth-order valence-electron chi connectivity index (χ4n) is 3.59. The highest BCUT2D eigenvalue weighted by molar-refractivity contribution is 7.16. The summed E-state index contributed by atoms with van der Waals surface area (Å²) >= 11 is 7.19. The van der Waals surface area contributed by atoms with Crippen LogP contribution in [0.4, 0.5) is 9.39 Å². The molecule has 2 aromatic heterocycles. The van der Waals surface area contributed by atoms with E-state index in [-0.39, 0.29) is 17.2 Å². The zero-order chi connectivity index (χ0) is 25.2. The maximum absolute atomic E-state index is 13.6. The highest BCUT2D eigenvalue weighted by atomic mass is 35.5. The number of aryl methyl sites for hydroxylation is 2. The summed E-state index contributed by atoms with van der Waals surface area (Å²) in [5, 5.41) is 12.7. The summed E-state index contributed by atoms with van der Waals surface area (Å²) in [7, 11) is 0. The minimum atomic E-state index is -0.635. The van der Waals surface area contributed by atoms with Gasteiger partial charge in [0.15, 0.2) is 0 Å². The molecule has 3 rings (SSSR count). The van der Waals surface area contributed by atoms with Crippen molar-refractivity contribution >= 4 is 45.9 Å². The number of amides is 1. The van der Waals surface area contributed by atoms with Crippen LogP contribution in [0.2, 0.25) is 5.02 Å². The topological polar surface area (TPSA) is 84.1 Å². The number of nitrogens with one attached hydrogen (secondary N) is 1. The number of ether oxygens (including phenoxy) is 1. The van der Waals surface area contributed by atoms with Gasteiger partial charge in [0.05, 0.1) is 17.2 Å². The van der Waals surface area contributed by atoms with Crippen molar-refractivity contribution in [2.75, 3.05) is 11.9 Å². The van der Waals surface area contributed by atoms with Crippen LogP contribution in [-0.2, 0) is 9.53 Å². The summed E-state index contributed by atoms with van der Waals surface area (Å²) in [6.45, 7) is 9.22. The summed E-state index contributed by atoms with van der Waals surface area (Å²) in [5.74, 6) is -1.68. The van der Waals surface area contributed by atoms with Crippen LogP contribution in [0.5, 0.6) is 0 Å². The number of hydrogen-bond acceptors (Lipinski definition) is 5. The minimum absolute atomic E-state index is 0.00174. The van der Waals surface area contributed by atoms with Gasteiger partial charge in [-0.2, -0.15) is 5.26 Å². The number of rotatable bonds is 6. The average molecular weight is 500 g/mol. The molecule has 0 spiro atoms. The molecule has 2 heterocycles. The smallest absolute Gasteiger partial charge is 0.341 e. The average Bonchev–Trinajstić information content (AvgIpc) is 3.22. The predicted octanol–water partition coefficient (Wildman–Crippen LogP) is 6.29. The van der Waals surface area contributed by atoms with E-state index in [1.165, 1.54) is 29.5 Å². The number of benzene rings is 1. The number of hydrogen-bond donors (Lipinski definition) is 1. The molecule has 0 bridgehead atoms. The first kappa shape index (κ1) is 25.2. The monoisotopic (exact) mass is 499 g/mol. The van der Waals surface area contributed by atoms with E-state index in [0.717, 1.165) is 21.8 Å². The van der Waals surface area contributed by atoms with Gasteiger partial charge in [0.2, 0.25) is 0 Å². The lowest BCUT2D eigenvalue weighted by Gasteiger charge is -2.10. The number of nitriles is 1. The SMILES string of the molecule is CCOC(=O)c1c(NC(=O)/C(C#N)=C/c2cc(C)n(-c3ccc(F)c(Cl)c3)c2C)sc(C)c1C. The molecule has 0 aliphatic carbocycles. The van der Waals surface area contributed by atoms with E-state index in [2.05, 4.69) is 5.32 Å². The van der Waals surface area contributed by atoms with E-state index in [9.17, 15) is 19.2 Å². The molecule has 176 valence electrons. The van der Waals surface area contributed by atoms with Crippen LogP contribution in [0.15, 0.2) is 29.8 Å². The molecular weight excluding hydrogens is 477 g/mol. The third kappa shape index (κ3) is 4.91. The van der Waals surface area contributed by atoms with Gasteiger partial charge in [0.1, 0.15) is 22.5 Å². The third-order valence-corrected chi connectivity index (χ3v) is 6.80. The largest absolute Gasteiger partial charge is 0.462 e. The lowest BCUT2D eigenvalue weighted by Crippen LogP contribution is -2.16. The fraction of sp³-hybridized carbons (Fsp3) is 0.240. The Bertz CT molecular complexity index is 1360. The maximum atomic E-state index is 13.6. The van der Waals surface area contributed by atoms with E-state index in [0.29, 0.717) is 21.8 Å². The van der Waals surface area contributed by atoms with Crippen LogP contribution in [0.25, 0.3) is 11.8 Å². The molecule has 1 aromatic carbocycles. The number of thiophene rings is 1. The molecule has 9 heteroatoms. The highest BCUT2D eigenvalue weighted by Crippen LogP contribution is 2.33. The summed E-state index contributed by atoms with van der Waals surface area (Å²) in [4.78, 5) is 26.2. The van der Waals surface area contributed by atoms with E-state index in [4.69, 9.17) is 16.3 Å². The van der Waals surface area contributed by atoms with Crippen molar-refractivity contribution in [3.63, 3.8) is 0 Å². The molecule has 6 nitrogen and oxygen atoms in total. The molecule has 3 aromatic rings. The maximum Gasteiger partial charge on any atom is 0.341 e. The summed E-state index contributed by atoms with van der Waals surface area (Å²) in [6, 6.07) is 8.16. The Balaban J connectivity index is 1.96. The number of carbonyl (C=O) groups is 2. The Hall–Kier alpha value is -3.41. The van der Waals surface area contributed by atoms with Crippen molar-refractivity contribution in [2.24, 2.45) is 0 Å². The first-order valence-corrected chi connectivity index (χ1v) is 11.6. The highest BCUT2D eigenvalue weighted by Gasteiger charge is 2.23. The van der Waals surface area contributed by atoms with Crippen molar-refractivity contribution in [1.82, 2.24) is 4.57 Å². The lowest BCUT2D eigenvalue weighted by atomic mass is 10.1. The molecule has 0 saturated carbocycles. The van der Waals surface area contributed by atoms with Crippen molar-refractivity contribution in [3.8, 4) is 11.8 Å². The molecule has 0 aliphatic rings. The second kappa shape index (κ2) is 10.2. The Morgan fingerprint density at radius 3 is 2.59 bits per heavy atom. The Morgan fingerprint density at radius 2 is 1.97 bits per heavy atom. The number of esters is 1. The van der Waals surface area contributed by atoms with Gasteiger partial charge in [-0.25, -0.2) is 9.18 Å². The van der Waals surface area contributed by atoms with Gasteiger partial charge in [-0.1, -0.05) is 11.6 Å². The Morgan fingerprint density at radius 1 is 1.26 bits per heavy atom. The van der Waals surface area contributed by atoms with Crippen molar-refractivity contribution < 1.29 is 18.7 Å². The minimum Gasteiger partial charge on any atom is -0.462 e. The zero-order valence-electron chi connectivity index (χ0n) is 19.4. The van der Waals surface area contributed by atoms with Crippen molar-refractivity contribution in [2.45, 2.75) is 34.6 Å². The van der Waals surface area contributed by atoms with Gasteiger partial charge in [-0.05, 0) is 76.1 Å². The zero-order valence-corrected chi connectivity index (χ0v) is 20.9. The molecule has 1 N–H and O–H groups in total. The number of carbonyl (C=O) groups excluding carboxylic acids is 2. The summed E-state index contributed by atoms with van der Waals surface area (Å²) in [6.07, 6.45) is 1.48. The van der Waals surface area contributed by atoms with Gasteiger partial charge in [0.25, 0.3) is 5.91 Å². The number of halogens is 2. The molecule has 0 atom stereocenters. The van der Waals surface area contributed by atoms with Crippen LogP contribution >= 0.6 is 22.9 Å². The van der Waals surface area contributed by atoms with Crippen LogP contribution < -0.4 is 5.32 Å². The number of nitrogens with zero attached hydrogens (tertiary/aromatic N) is 2. The quantitative estimate of drug-likeness (QED) is 0.245. The lowest BCUT2D eigenvalue weighted by molar-refractivity contribution is -0.112. The molecule has 0 saturated heterocycles. The van der Waals surface area contributed by atoms with E-state index in [1.54, 1.807) is 19.9 Å². The molecular formula is C25H23ClFN3O3S. The van der Waals surface area contributed by atoms with Gasteiger partial charge in [-0.3, -0.25) is 4.79 Å². The second-order valence-electron chi connectivity index (χ2n) is 7.59. The van der Waals surface area contributed by atoms with Gasteiger partial charge < -0.3 is 14.6 Å². The third-order valence-electron chi connectivity index (χ3n) is 5.39. The molecule has 0 fully saturated rings. The summed E-state index contributed by atoms with van der Waals surface area (Å²) < 4.78 is 20.6. The Labute approximate surface area is 206 Å². The molecule has 0 aliphatic heterocycles. The normalized spacial score (nSPS) is 11.3. The van der Waals surface area contributed by atoms with Crippen molar-refractivity contribution in [3.05, 3.63) is 73.6 Å². The number of aromatic nitrogens is 1. The Kier molecular flexibility index (Phi) is 7.60. The van der Waals surface area contributed by atoms with Gasteiger partial charge in [-0.15, -0.1) is 11.3 Å². The van der Waals surface area contributed by atoms with E-state index >= 15 is 0 Å². The fourth-order valence-corrected chi connectivity index (χ4v) is 4.81. The summed E-state index contributed by atoms with van der Waals surface area (Å²) in [5.41, 5.74) is 3.76. The van der Waals surface area contributed by atoms with E-state index in [1.807, 2.05) is 37.5 Å². The first-order chi connectivity index (χ1) is 16.1. The van der Waals surface area contributed by atoms with Crippen molar-refractivity contribution in [1.29, 1.82) is 5.26 Å². The number of anilines is 1. The molecule has 34 heavy (non-hydrogen) atoms. The molecule has 0 radical (unpaired) electrons. The van der Waals surface area contributed by atoms with Gasteiger partial charge in [0, 0.05) is 22.0 Å². The van der Waals surface area contributed by atoms with Crippen LogP contribution in [-0.4, -0.2) is 23.1 Å². The molecule has 1 amide bonds. The standard InChI is InChI=1S/C25H23ClFN3O3S/c1-6-33-25(32)22-14(3)16(5)34-24(22)29-23(31)18(12-28)10-17-9-13(2)30(15(17)4)19-7-8-21(27)20(26)11-19/h7-11H,6H2,1-5H3,(H,29,31)/b18-10+. The second-order valence-corrected chi connectivity index (χ2v) is 9.22. The van der Waals surface area contributed by atoms with E-state index < -0.39 is 17.7 Å². The van der Waals surface area contributed by atoms with Gasteiger partial charge >= 0.3 is 5.97 Å². The van der Waals surface area contributed by atoms with Crippen LogP contribution in [0.3, 0.4) is 0 Å². The van der Waals surface area contributed by atoms with Crippen LogP contribution in [0, 0.1) is 44.8 Å². The van der Waals surface area contributed by atoms with Crippen LogP contribution in [0.1, 0.15) is 44.7 Å².